The Morgan fingerprint density at radius 2 is 1.55 bits per heavy atom. The number of rotatable bonds is 3. The van der Waals surface area contributed by atoms with E-state index in [4.69, 9.17) is 0 Å². The Labute approximate surface area is 154 Å². The van der Waals surface area contributed by atoms with E-state index in [1.165, 1.54) is 29.8 Å². The summed E-state index contributed by atoms with van der Waals surface area (Å²) in [6, 6.07) is 16.1. The van der Waals surface area contributed by atoms with Crippen molar-refractivity contribution in [2.45, 2.75) is 11.8 Å². The zero-order valence-corrected chi connectivity index (χ0v) is 15.6. The maximum Gasteiger partial charge on any atom is 1.00 e. The van der Waals surface area contributed by atoms with E-state index < -0.39 is 10.1 Å². The van der Waals surface area contributed by atoms with Gasteiger partial charge in [0.25, 0.3) is 0 Å². The van der Waals surface area contributed by atoms with Crippen molar-refractivity contribution in [2.24, 2.45) is 0 Å². The van der Waals surface area contributed by atoms with Crippen molar-refractivity contribution in [2.75, 3.05) is 0 Å². The van der Waals surface area contributed by atoms with E-state index in [1.807, 2.05) is 25.1 Å². The first-order chi connectivity index (χ1) is 9.86. The Hall–Kier alpha value is -1.17. The first-order valence-corrected chi connectivity index (χ1v) is 7.65. The monoisotopic (exact) mass is 324 g/mol. The van der Waals surface area contributed by atoms with Gasteiger partial charge in [0.2, 0.25) is 0 Å². The van der Waals surface area contributed by atoms with Crippen molar-refractivity contribution in [1.82, 2.24) is 0 Å². The van der Waals surface area contributed by atoms with Crippen molar-refractivity contribution in [3.63, 3.8) is 0 Å². The van der Waals surface area contributed by atoms with Gasteiger partial charge in [0.1, 0.15) is 10.1 Å². The van der Waals surface area contributed by atoms with Crippen LogP contribution in [0.3, 0.4) is 0 Å². The summed E-state index contributed by atoms with van der Waals surface area (Å²) in [5.74, 6) is 0. The van der Waals surface area contributed by atoms with Gasteiger partial charge < -0.3 is 4.55 Å². The molecule has 5 heteroatoms. The smallest absolute Gasteiger partial charge is 0.744 e. The minimum Gasteiger partial charge on any atom is -0.744 e. The molecule has 0 radical (unpaired) electrons. The molecule has 0 atom stereocenters. The van der Waals surface area contributed by atoms with Gasteiger partial charge in [-0.2, -0.15) is 0 Å². The average molecular weight is 324 g/mol. The third-order valence-electron chi connectivity index (χ3n) is 2.67. The normalized spacial score (nSPS) is 9.73. The van der Waals surface area contributed by atoms with Crippen LogP contribution in [0.5, 0.6) is 0 Å². The molecular weight excluding hydrogens is 307 g/mol. The van der Waals surface area contributed by atoms with Crippen LogP contribution in [0.1, 0.15) is 18.1 Å². The predicted octanol–water partition coefficient (Wildman–Crippen LogP) is 0.957. The fourth-order valence-electron chi connectivity index (χ4n) is 1.60. The standard InChI is InChI=1S/C9H10.C8H8O3S.Na/c1-8(2)9-6-4-3-5-7-9;1-2-7-5-3-4-6-8(7)12(9,10)11;/h3-7H,1H2,2H3;2-6H,1H2,(H,9,10,11);/q;;+1/p-1. The molecule has 110 valence electrons. The van der Waals surface area contributed by atoms with Gasteiger partial charge in [-0.1, -0.05) is 73.3 Å². The van der Waals surface area contributed by atoms with Gasteiger partial charge in [0, 0.05) is 0 Å². The Kier molecular flexibility index (Phi) is 9.25. The Balaban J connectivity index is 0.000000397. The maximum absolute atomic E-state index is 10.6. The molecule has 0 aliphatic carbocycles. The van der Waals surface area contributed by atoms with Crippen LogP contribution >= 0.6 is 0 Å². The minimum absolute atomic E-state index is 0. The van der Waals surface area contributed by atoms with Crippen LogP contribution in [0.4, 0.5) is 0 Å². The van der Waals surface area contributed by atoms with E-state index in [0.717, 1.165) is 5.57 Å². The molecule has 0 aliphatic heterocycles. The van der Waals surface area contributed by atoms with Crippen LogP contribution in [0, 0.1) is 0 Å². The molecule has 2 rings (SSSR count). The van der Waals surface area contributed by atoms with Gasteiger partial charge in [0.15, 0.2) is 0 Å². The van der Waals surface area contributed by atoms with Crippen LogP contribution in [-0.4, -0.2) is 13.0 Å². The number of hydrogen-bond acceptors (Lipinski definition) is 3. The fourth-order valence-corrected chi connectivity index (χ4v) is 2.28. The maximum atomic E-state index is 10.6. The largest absolute Gasteiger partial charge is 1.00 e. The van der Waals surface area contributed by atoms with Crippen molar-refractivity contribution in [1.29, 1.82) is 0 Å². The van der Waals surface area contributed by atoms with E-state index >= 15 is 0 Å². The number of hydrogen-bond donors (Lipinski definition) is 0. The van der Waals surface area contributed by atoms with E-state index in [-0.39, 0.29) is 34.5 Å². The van der Waals surface area contributed by atoms with Crippen molar-refractivity contribution in [3.05, 3.63) is 78.9 Å². The summed E-state index contributed by atoms with van der Waals surface area (Å²) < 4.78 is 31.8. The third kappa shape index (κ3) is 6.73. The summed E-state index contributed by atoms with van der Waals surface area (Å²) in [7, 11) is -4.37. The summed E-state index contributed by atoms with van der Waals surface area (Å²) in [6.45, 7) is 9.24. The van der Waals surface area contributed by atoms with E-state index in [0.29, 0.717) is 5.56 Å². The molecule has 0 unspecified atom stereocenters. The van der Waals surface area contributed by atoms with Crippen LogP contribution in [-0.2, 0) is 10.1 Å². The van der Waals surface area contributed by atoms with Crippen molar-refractivity contribution in [3.8, 4) is 0 Å². The molecule has 22 heavy (non-hydrogen) atoms. The molecule has 3 nitrogen and oxygen atoms in total. The SMILES string of the molecule is C=C(C)c1ccccc1.C=Cc1ccccc1S(=O)(=O)[O-].[Na+]. The van der Waals surface area contributed by atoms with Crippen LogP contribution in [0.2, 0.25) is 0 Å². The minimum atomic E-state index is -4.37. The van der Waals surface area contributed by atoms with E-state index in [2.05, 4.69) is 25.3 Å². The van der Waals surface area contributed by atoms with E-state index in [9.17, 15) is 13.0 Å². The Bertz CT molecular complexity index is 723. The second-order valence-corrected chi connectivity index (χ2v) is 5.69. The predicted molar refractivity (Wildman–Crippen MR) is 85.6 cm³/mol. The first kappa shape index (κ1) is 20.8. The molecule has 0 aliphatic rings. The summed E-state index contributed by atoms with van der Waals surface area (Å²) in [5, 5.41) is 0. The third-order valence-corrected chi connectivity index (χ3v) is 3.59. The second-order valence-electron chi connectivity index (χ2n) is 4.34. The zero-order chi connectivity index (χ0) is 15.9. The van der Waals surface area contributed by atoms with Gasteiger partial charge in [-0.25, -0.2) is 8.42 Å². The fraction of sp³-hybridized carbons (Fsp3) is 0.0588. The number of allylic oxidation sites excluding steroid dienone is 1. The molecule has 0 N–H and O–H groups in total. The molecule has 0 saturated heterocycles. The molecule has 0 spiro atoms. The molecule has 0 bridgehead atoms. The molecule has 0 saturated carbocycles. The van der Waals surface area contributed by atoms with Crippen molar-refractivity contribution >= 4 is 21.8 Å². The molecule has 0 fully saturated rings. The van der Waals surface area contributed by atoms with Gasteiger partial charge in [-0.15, -0.1) is 0 Å². The van der Waals surface area contributed by atoms with E-state index in [1.54, 1.807) is 6.07 Å². The summed E-state index contributed by atoms with van der Waals surface area (Å²) in [4.78, 5) is -0.222. The summed E-state index contributed by atoms with van der Waals surface area (Å²) in [6.07, 6.45) is 1.34. The average Bonchev–Trinajstić information content (AvgIpc) is 2.48. The first-order valence-electron chi connectivity index (χ1n) is 6.24. The molecular formula is C17H17NaO3S. The zero-order valence-electron chi connectivity index (χ0n) is 12.8. The van der Waals surface area contributed by atoms with Gasteiger partial charge >= 0.3 is 29.6 Å². The van der Waals surface area contributed by atoms with Gasteiger partial charge in [0.05, 0.1) is 4.90 Å². The second kappa shape index (κ2) is 9.77. The Morgan fingerprint density at radius 1 is 1.05 bits per heavy atom. The van der Waals surface area contributed by atoms with Crippen LogP contribution < -0.4 is 29.6 Å². The molecule has 2 aromatic carbocycles. The Morgan fingerprint density at radius 3 is 1.91 bits per heavy atom. The molecule has 0 heterocycles. The topological polar surface area (TPSA) is 57.2 Å². The quantitative estimate of drug-likeness (QED) is 0.624. The summed E-state index contributed by atoms with van der Waals surface area (Å²) in [5.41, 5.74) is 2.68. The molecule has 0 amide bonds. The van der Waals surface area contributed by atoms with Crippen molar-refractivity contribution < 1.29 is 42.5 Å². The van der Waals surface area contributed by atoms with Crippen LogP contribution in [0.15, 0.2) is 72.7 Å². The van der Waals surface area contributed by atoms with Gasteiger partial charge in [-0.05, 0) is 24.1 Å². The summed E-state index contributed by atoms with van der Waals surface area (Å²) >= 11 is 0. The number of benzene rings is 2. The molecule has 0 aromatic heterocycles. The molecule has 2 aromatic rings. The van der Waals surface area contributed by atoms with Crippen LogP contribution in [0.25, 0.3) is 11.6 Å². The van der Waals surface area contributed by atoms with Gasteiger partial charge in [-0.3, -0.25) is 0 Å².